The van der Waals surface area contributed by atoms with Gasteiger partial charge in [0.25, 0.3) is 0 Å². The zero-order valence-corrected chi connectivity index (χ0v) is 14.5. The van der Waals surface area contributed by atoms with Gasteiger partial charge in [-0.25, -0.2) is 4.98 Å². The Hall–Kier alpha value is -2.15. The molecule has 0 aromatic carbocycles. The summed E-state index contributed by atoms with van der Waals surface area (Å²) in [6.07, 6.45) is 7.04. The van der Waals surface area contributed by atoms with Crippen molar-refractivity contribution < 1.29 is 0 Å². The van der Waals surface area contributed by atoms with Crippen molar-refractivity contribution in [2.45, 2.75) is 39.2 Å². The van der Waals surface area contributed by atoms with Crippen LogP contribution >= 0.6 is 11.3 Å². The maximum atomic E-state index is 4.69. The molecular formula is C16H22N6S. The lowest BCUT2D eigenvalue weighted by Gasteiger charge is -2.17. The molecule has 2 N–H and O–H groups in total. The van der Waals surface area contributed by atoms with E-state index in [-0.39, 0.29) is 0 Å². The minimum Gasteiger partial charge on any atom is -0.366 e. The van der Waals surface area contributed by atoms with Gasteiger partial charge >= 0.3 is 0 Å². The van der Waals surface area contributed by atoms with Crippen molar-refractivity contribution in [3.05, 3.63) is 23.8 Å². The van der Waals surface area contributed by atoms with E-state index in [4.69, 9.17) is 0 Å². The SMILES string of the molecule is CCCC(CC)Nc1nc(Nc2cnn(C)c2)nc2ccsc12. The minimum absolute atomic E-state index is 0.437. The van der Waals surface area contributed by atoms with Gasteiger partial charge in [-0.05, 0) is 24.3 Å². The Balaban J connectivity index is 1.90. The smallest absolute Gasteiger partial charge is 0.229 e. The molecule has 0 aliphatic heterocycles. The van der Waals surface area contributed by atoms with E-state index in [1.807, 2.05) is 19.3 Å². The summed E-state index contributed by atoms with van der Waals surface area (Å²) in [6.45, 7) is 4.41. The summed E-state index contributed by atoms with van der Waals surface area (Å²) in [5.41, 5.74) is 1.85. The first-order chi connectivity index (χ1) is 11.2. The second kappa shape index (κ2) is 6.95. The van der Waals surface area contributed by atoms with Gasteiger partial charge in [-0.1, -0.05) is 20.3 Å². The van der Waals surface area contributed by atoms with Gasteiger partial charge in [0.2, 0.25) is 5.95 Å². The van der Waals surface area contributed by atoms with Crippen LogP contribution in [0.15, 0.2) is 23.8 Å². The van der Waals surface area contributed by atoms with Crippen LogP contribution in [0.4, 0.5) is 17.5 Å². The van der Waals surface area contributed by atoms with Crippen molar-refractivity contribution >= 4 is 39.0 Å². The van der Waals surface area contributed by atoms with Crippen LogP contribution in [0.1, 0.15) is 33.1 Å². The predicted molar refractivity (Wildman–Crippen MR) is 96.5 cm³/mol. The van der Waals surface area contributed by atoms with Gasteiger partial charge in [-0.2, -0.15) is 10.1 Å². The van der Waals surface area contributed by atoms with Crippen LogP contribution in [0.25, 0.3) is 10.2 Å². The van der Waals surface area contributed by atoms with Crippen LogP contribution in [0.2, 0.25) is 0 Å². The molecule has 3 aromatic heterocycles. The molecule has 0 bridgehead atoms. The van der Waals surface area contributed by atoms with Crippen LogP contribution in [0, 0.1) is 0 Å². The highest BCUT2D eigenvalue weighted by molar-refractivity contribution is 7.17. The molecule has 23 heavy (non-hydrogen) atoms. The number of nitrogens with zero attached hydrogens (tertiary/aromatic N) is 4. The van der Waals surface area contributed by atoms with Crippen molar-refractivity contribution in [1.29, 1.82) is 0 Å². The van der Waals surface area contributed by atoms with Gasteiger partial charge in [0.1, 0.15) is 5.82 Å². The highest BCUT2D eigenvalue weighted by atomic mass is 32.1. The highest BCUT2D eigenvalue weighted by Gasteiger charge is 2.13. The Morgan fingerprint density at radius 2 is 2.17 bits per heavy atom. The zero-order chi connectivity index (χ0) is 16.2. The van der Waals surface area contributed by atoms with Gasteiger partial charge in [0.05, 0.1) is 22.1 Å². The van der Waals surface area contributed by atoms with Gasteiger partial charge in [0, 0.05) is 19.3 Å². The van der Waals surface area contributed by atoms with Crippen LogP contribution in [-0.2, 0) is 7.05 Å². The third kappa shape index (κ3) is 3.61. The maximum Gasteiger partial charge on any atom is 0.229 e. The molecule has 1 atom stereocenters. The van der Waals surface area contributed by atoms with Crippen LogP contribution in [0.5, 0.6) is 0 Å². The number of thiophene rings is 1. The number of aromatic nitrogens is 4. The van der Waals surface area contributed by atoms with Gasteiger partial charge < -0.3 is 10.6 Å². The largest absolute Gasteiger partial charge is 0.366 e. The fraction of sp³-hybridized carbons (Fsp3) is 0.438. The van der Waals surface area contributed by atoms with E-state index in [2.05, 4.69) is 44.9 Å². The first-order valence-corrected chi connectivity index (χ1v) is 8.85. The van der Waals surface area contributed by atoms with Crippen molar-refractivity contribution in [2.75, 3.05) is 10.6 Å². The molecule has 1 unspecified atom stereocenters. The summed E-state index contributed by atoms with van der Waals surface area (Å²) in [5.74, 6) is 1.51. The van der Waals surface area contributed by atoms with Crippen LogP contribution in [-0.4, -0.2) is 25.8 Å². The number of hydrogen-bond donors (Lipinski definition) is 2. The lowest BCUT2D eigenvalue weighted by molar-refractivity contribution is 0.621. The zero-order valence-electron chi connectivity index (χ0n) is 13.7. The first-order valence-electron chi connectivity index (χ1n) is 7.97. The number of rotatable bonds is 7. The summed E-state index contributed by atoms with van der Waals surface area (Å²) in [4.78, 5) is 9.28. The fourth-order valence-electron chi connectivity index (χ4n) is 2.55. The second-order valence-electron chi connectivity index (χ2n) is 5.60. The minimum atomic E-state index is 0.437. The van der Waals surface area contributed by atoms with Crippen molar-refractivity contribution in [3.8, 4) is 0 Å². The highest BCUT2D eigenvalue weighted by Crippen LogP contribution is 2.29. The Kier molecular flexibility index (Phi) is 4.76. The van der Waals surface area contributed by atoms with E-state index in [1.165, 1.54) is 0 Å². The quantitative estimate of drug-likeness (QED) is 0.681. The average molecular weight is 330 g/mol. The van der Waals surface area contributed by atoms with Gasteiger partial charge in [-0.15, -0.1) is 11.3 Å². The van der Waals surface area contributed by atoms with Crippen LogP contribution < -0.4 is 10.6 Å². The predicted octanol–water partition coefficient (Wildman–Crippen LogP) is 4.16. The number of hydrogen-bond acceptors (Lipinski definition) is 6. The number of aryl methyl sites for hydroxylation is 1. The van der Waals surface area contributed by atoms with Gasteiger partial charge in [0.15, 0.2) is 0 Å². The Morgan fingerprint density at radius 3 is 2.87 bits per heavy atom. The molecule has 3 heterocycles. The monoisotopic (exact) mass is 330 g/mol. The van der Waals surface area contributed by atoms with E-state index in [0.717, 1.165) is 41.0 Å². The summed E-state index contributed by atoms with van der Waals surface area (Å²) >= 11 is 1.67. The molecule has 0 spiro atoms. The van der Waals surface area contributed by atoms with Gasteiger partial charge in [-0.3, -0.25) is 4.68 Å². The first kappa shape index (κ1) is 15.7. The van der Waals surface area contributed by atoms with Crippen molar-refractivity contribution in [1.82, 2.24) is 19.7 Å². The van der Waals surface area contributed by atoms with E-state index in [1.54, 1.807) is 22.2 Å². The number of anilines is 3. The summed E-state index contributed by atoms with van der Waals surface area (Å²) in [5, 5.41) is 13.0. The molecule has 3 aromatic rings. The molecule has 0 amide bonds. The van der Waals surface area contributed by atoms with E-state index in [0.29, 0.717) is 12.0 Å². The molecule has 0 aliphatic carbocycles. The molecular weight excluding hydrogens is 308 g/mol. The molecule has 7 heteroatoms. The Morgan fingerprint density at radius 1 is 1.30 bits per heavy atom. The van der Waals surface area contributed by atoms with Crippen molar-refractivity contribution in [3.63, 3.8) is 0 Å². The number of nitrogens with one attached hydrogen (secondary N) is 2. The lowest BCUT2D eigenvalue weighted by Crippen LogP contribution is -2.19. The second-order valence-corrected chi connectivity index (χ2v) is 6.51. The summed E-state index contributed by atoms with van der Waals surface area (Å²) in [6, 6.07) is 2.47. The molecule has 0 aliphatic rings. The Labute approximate surface area is 140 Å². The van der Waals surface area contributed by atoms with Crippen LogP contribution in [0.3, 0.4) is 0 Å². The number of fused-ring (bicyclic) bond motifs is 1. The van der Waals surface area contributed by atoms with Crippen molar-refractivity contribution in [2.24, 2.45) is 7.05 Å². The normalized spacial score (nSPS) is 12.5. The molecule has 0 radical (unpaired) electrons. The fourth-order valence-corrected chi connectivity index (χ4v) is 3.34. The average Bonchev–Trinajstić information content (AvgIpc) is 3.15. The third-order valence-electron chi connectivity index (χ3n) is 3.74. The Bertz CT molecular complexity index is 778. The molecule has 3 rings (SSSR count). The summed E-state index contributed by atoms with van der Waals surface area (Å²) < 4.78 is 2.86. The molecule has 122 valence electrons. The van der Waals surface area contributed by atoms with E-state index >= 15 is 0 Å². The summed E-state index contributed by atoms with van der Waals surface area (Å²) in [7, 11) is 1.89. The third-order valence-corrected chi connectivity index (χ3v) is 4.65. The lowest BCUT2D eigenvalue weighted by atomic mass is 10.1. The van der Waals surface area contributed by atoms with E-state index < -0.39 is 0 Å². The molecule has 0 fully saturated rings. The standard InChI is InChI=1S/C16H22N6S/c1-4-6-11(5-2)18-15-14-13(7-8-23-14)20-16(21-15)19-12-9-17-22(3)10-12/h7-11H,4-6H2,1-3H3,(H2,18,19,20,21). The molecule has 6 nitrogen and oxygen atoms in total. The van der Waals surface area contributed by atoms with E-state index in [9.17, 15) is 0 Å². The topological polar surface area (TPSA) is 67.7 Å². The molecule has 0 saturated carbocycles. The molecule has 0 saturated heterocycles. The maximum absolute atomic E-state index is 4.69.